The summed E-state index contributed by atoms with van der Waals surface area (Å²) in [5.41, 5.74) is 12.7. The second-order valence-electron chi connectivity index (χ2n) is 15.6. The van der Waals surface area contributed by atoms with E-state index in [1.165, 1.54) is 44.0 Å². The van der Waals surface area contributed by atoms with Crippen LogP contribution in [-0.2, 0) is 5.41 Å². The maximum atomic E-state index is 5.40. The van der Waals surface area contributed by atoms with Gasteiger partial charge >= 0.3 is 0 Å². The van der Waals surface area contributed by atoms with Gasteiger partial charge in [0.05, 0.1) is 0 Å². The molecule has 0 spiro atoms. The summed E-state index contributed by atoms with van der Waals surface area (Å²) < 4.78 is 0. The van der Waals surface area contributed by atoms with Gasteiger partial charge in [0.2, 0.25) is 0 Å². The van der Waals surface area contributed by atoms with Crippen molar-refractivity contribution < 1.29 is 0 Å². The Morgan fingerprint density at radius 3 is 1.79 bits per heavy atom. The minimum Gasteiger partial charge on any atom is -0.208 e. The summed E-state index contributed by atoms with van der Waals surface area (Å²) in [5.74, 6) is 1.92. The molecule has 1 aliphatic rings. The Hall–Kier alpha value is -7.23. The Morgan fingerprint density at radius 1 is 0.316 bits per heavy atom. The second kappa shape index (κ2) is 12.9. The average Bonchev–Trinajstić information content (AvgIpc) is 3.51. The van der Waals surface area contributed by atoms with E-state index in [1.54, 1.807) is 0 Å². The molecule has 0 N–H and O–H groups in total. The van der Waals surface area contributed by atoms with Crippen molar-refractivity contribution in [2.75, 3.05) is 0 Å². The zero-order chi connectivity index (χ0) is 38.1. The summed E-state index contributed by atoms with van der Waals surface area (Å²) >= 11 is 0. The van der Waals surface area contributed by atoms with Crippen LogP contribution >= 0.6 is 0 Å². The molecule has 0 unspecified atom stereocenters. The standard InChI is InChI=1S/C54H37N3/c1-54(2)48-26-13-12-24-43(48)44-29-28-37(33-49(44)54)36-19-14-20-39(31-36)51-55-52(46-25-11-10-21-40(46)34-15-4-3-5-16-34)57-53(56-51)50-42-23-9-7-18-38(42)32-47-41-22-8-6-17-35(41)27-30-45(47)50/h3-33H,1-2H3. The fourth-order valence-electron chi connectivity index (χ4n) is 9.07. The zero-order valence-electron chi connectivity index (χ0n) is 31.7. The molecule has 0 bridgehead atoms. The first-order valence-electron chi connectivity index (χ1n) is 19.6. The van der Waals surface area contributed by atoms with Crippen LogP contribution in [0, 0.1) is 0 Å². The molecule has 0 saturated heterocycles. The lowest BCUT2D eigenvalue weighted by Crippen LogP contribution is -2.14. The van der Waals surface area contributed by atoms with E-state index >= 15 is 0 Å². The van der Waals surface area contributed by atoms with E-state index in [0.717, 1.165) is 49.5 Å². The largest absolute Gasteiger partial charge is 0.208 e. The highest BCUT2D eigenvalue weighted by atomic mass is 15.0. The van der Waals surface area contributed by atoms with E-state index in [2.05, 4.69) is 196 Å². The summed E-state index contributed by atoms with van der Waals surface area (Å²) in [7, 11) is 0. The lowest BCUT2D eigenvalue weighted by molar-refractivity contribution is 0.660. The molecule has 0 aliphatic heterocycles. The molecule has 1 aliphatic carbocycles. The van der Waals surface area contributed by atoms with Crippen molar-refractivity contribution in [3.8, 4) is 67.5 Å². The van der Waals surface area contributed by atoms with Crippen LogP contribution in [0.3, 0.4) is 0 Å². The van der Waals surface area contributed by atoms with Crippen LogP contribution in [0.25, 0.3) is 99.9 Å². The molecule has 0 amide bonds. The normalized spacial score (nSPS) is 12.9. The zero-order valence-corrected chi connectivity index (χ0v) is 31.7. The highest BCUT2D eigenvalue weighted by Gasteiger charge is 2.35. The van der Waals surface area contributed by atoms with Crippen LogP contribution < -0.4 is 0 Å². The van der Waals surface area contributed by atoms with Gasteiger partial charge in [-0.2, -0.15) is 0 Å². The minimum atomic E-state index is -0.0870. The van der Waals surface area contributed by atoms with Crippen LogP contribution in [0.15, 0.2) is 188 Å². The Bertz CT molecular complexity index is 3220. The van der Waals surface area contributed by atoms with Crippen LogP contribution in [0.5, 0.6) is 0 Å². The molecular formula is C54H37N3. The van der Waals surface area contributed by atoms with Gasteiger partial charge in [0.1, 0.15) is 0 Å². The summed E-state index contributed by atoms with van der Waals surface area (Å²) in [6, 6.07) is 67.3. The highest BCUT2D eigenvalue weighted by Crippen LogP contribution is 2.49. The summed E-state index contributed by atoms with van der Waals surface area (Å²) in [6.45, 7) is 4.66. The molecule has 0 atom stereocenters. The predicted octanol–water partition coefficient (Wildman–Crippen LogP) is 14.0. The number of fused-ring (bicyclic) bond motifs is 7. The van der Waals surface area contributed by atoms with Crippen molar-refractivity contribution in [3.05, 3.63) is 199 Å². The number of hydrogen-bond donors (Lipinski definition) is 0. The van der Waals surface area contributed by atoms with E-state index in [-0.39, 0.29) is 5.41 Å². The number of aromatic nitrogens is 3. The quantitative estimate of drug-likeness (QED) is 0.131. The van der Waals surface area contributed by atoms with Crippen molar-refractivity contribution in [1.29, 1.82) is 0 Å². The average molecular weight is 728 g/mol. The molecular weight excluding hydrogens is 691 g/mol. The van der Waals surface area contributed by atoms with E-state index in [1.807, 2.05) is 6.07 Å². The van der Waals surface area contributed by atoms with E-state index in [0.29, 0.717) is 17.5 Å². The first-order chi connectivity index (χ1) is 28.0. The van der Waals surface area contributed by atoms with Gasteiger partial charge in [-0.3, -0.25) is 0 Å². The lowest BCUT2D eigenvalue weighted by atomic mass is 9.81. The van der Waals surface area contributed by atoms with Crippen molar-refractivity contribution in [2.45, 2.75) is 19.3 Å². The van der Waals surface area contributed by atoms with E-state index in [9.17, 15) is 0 Å². The molecule has 3 heteroatoms. The number of nitrogens with zero attached hydrogens (tertiary/aromatic N) is 3. The van der Waals surface area contributed by atoms with Crippen molar-refractivity contribution >= 4 is 32.3 Å². The van der Waals surface area contributed by atoms with Gasteiger partial charge in [0, 0.05) is 22.1 Å². The fourth-order valence-corrected chi connectivity index (χ4v) is 9.07. The first kappa shape index (κ1) is 33.1. The van der Waals surface area contributed by atoms with Gasteiger partial charge < -0.3 is 0 Å². The first-order valence-corrected chi connectivity index (χ1v) is 19.6. The third-order valence-electron chi connectivity index (χ3n) is 11.9. The summed E-state index contributed by atoms with van der Waals surface area (Å²) in [6.07, 6.45) is 0. The van der Waals surface area contributed by atoms with Crippen LogP contribution in [0.2, 0.25) is 0 Å². The Labute approximate surface area is 332 Å². The van der Waals surface area contributed by atoms with Gasteiger partial charge in [-0.25, -0.2) is 15.0 Å². The maximum absolute atomic E-state index is 5.40. The molecule has 9 aromatic carbocycles. The van der Waals surface area contributed by atoms with Crippen molar-refractivity contribution in [2.24, 2.45) is 0 Å². The molecule has 57 heavy (non-hydrogen) atoms. The van der Waals surface area contributed by atoms with Gasteiger partial charge in [0.25, 0.3) is 0 Å². The lowest BCUT2D eigenvalue weighted by Gasteiger charge is -2.22. The van der Waals surface area contributed by atoms with Gasteiger partial charge in [0.15, 0.2) is 17.5 Å². The monoisotopic (exact) mass is 727 g/mol. The van der Waals surface area contributed by atoms with Gasteiger partial charge in [-0.15, -0.1) is 0 Å². The van der Waals surface area contributed by atoms with Crippen molar-refractivity contribution in [3.63, 3.8) is 0 Å². The molecule has 0 radical (unpaired) electrons. The molecule has 0 fully saturated rings. The fraction of sp³-hybridized carbons (Fsp3) is 0.0556. The maximum Gasteiger partial charge on any atom is 0.165 e. The van der Waals surface area contributed by atoms with Crippen LogP contribution in [0.4, 0.5) is 0 Å². The van der Waals surface area contributed by atoms with Gasteiger partial charge in [-0.05, 0) is 95.0 Å². The summed E-state index contributed by atoms with van der Waals surface area (Å²) in [5, 5.41) is 6.96. The van der Waals surface area contributed by atoms with Gasteiger partial charge in [-0.1, -0.05) is 184 Å². The third-order valence-corrected chi connectivity index (χ3v) is 11.9. The van der Waals surface area contributed by atoms with E-state index in [4.69, 9.17) is 15.0 Å². The molecule has 0 saturated carbocycles. The van der Waals surface area contributed by atoms with Crippen LogP contribution in [0.1, 0.15) is 25.0 Å². The number of rotatable bonds is 5. The second-order valence-corrected chi connectivity index (χ2v) is 15.6. The smallest absolute Gasteiger partial charge is 0.165 e. The number of benzene rings is 9. The minimum absolute atomic E-state index is 0.0870. The van der Waals surface area contributed by atoms with Crippen molar-refractivity contribution in [1.82, 2.24) is 15.0 Å². The highest BCUT2D eigenvalue weighted by molar-refractivity contribution is 6.19. The molecule has 3 nitrogen and oxygen atoms in total. The molecule has 1 aromatic heterocycles. The Balaban J connectivity index is 1.15. The SMILES string of the molecule is CC1(C)c2ccccc2-c2ccc(-c3cccc(-c4nc(-c5ccccc5-c5ccccc5)nc(-c5c6ccccc6cc6c5ccc5ccccc56)n4)c3)cc21. The third kappa shape index (κ3) is 5.38. The summed E-state index contributed by atoms with van der Waals surface area (Å²) in [4.78, 5) is 16.1. The van der Waals surface area contributed by atoms with Crippen LogP contribution in [-0.4, -0.2) is 15.0 Å². The topological polar surface area (TPSA) is 38.7 Å². The predicted molar refractivity (Wildman–Crippen MR) is 237 cm³/mol. The Kier molecular flexibility index (Phi) is 7.52. The molecule has 10 aromatic rings. The number of hydrogen-bond acceptors (Lipinski definition) is 3. The Morgan fingerprint density at radius 2 is 0.930 bits per heavy atom. The molecule has 1 heterocycles. The van der Waals surface area contributed by atoms with E-state index < -0.39 is 0 Å². The molecule has 11 rings (SSSR count). The molecule has 268 valence electrons.